The number of aryl methyl sites for hydroxylation is 1. The number of anilines is 1. The number of rotatable bonds is 6. The summed E-state index contributed by atoms with van der Waals surface area (Å²) in [5.74, 6) is 1.22. The van der Waals surface area contributed by atoms with E-state index in [9.17, 15) is 4.79 Å². The fourth-order valence-electron chi connectivity index (χ4n) is 1.90. The zero-order chi connectivity index (χ0) is 15.9. The monoisotopic (exact) mass is 379 g/mol. The minimum absolute atomic E-state index is 0.00990. The molecule has 0 aliphatic carbocycles. The first kappa shape index (κ1) is 16.9. The molecule has 3 nitrogen and oxygen atoms in total. The molecule has 0 spiro atoms. The molecule has 2 aromatic rings. The van der Waals surface area contributed by atoms with Crippen LogP contribution in [0.2, 0.25) is 0 Å². The topological polar surface area (TPSA) is 38.3 Å². The summed E-state index contributed by atoms with van der Waals surface area (Å²) in [6.07, 6.45) is 0. The third-order valence-electron chi connectivity index (χ3n) is 2.97. The van der Waals surface area contributed by atoms with Crippen LogP contribution in [0.4, 0.5) is 5.69 Å². The van der Waals surface area contributed by atoms with E-state index < -0.39 is 0 Å². The number of carbonyl (C=O) groups excluding carboxylic acids is 1. The fraction of sp³-hybridized carbons (Fsp3) is 0.235. The van der Waals surface area contributed by atoms with Crippen LogP contribution in [0.15, 0.2) is 51.8 Å². The molecule has 2 rings (SSSR count). The summed E-state index contributed by atoms with van der Waals surface area (Å²) in [6.45, 7) is 4.58. The molecule has 0 heterocycles. The number of hydrogen-bond donors (Lipinski definition) is 1. The van der Waals surface area contributed by atoms with Crippen LogP contribution >= 0.6 is 27.7 Å². The van der Waals surface area contributed by atoms with Gasteiger partial charge in [-0.25, -0.2) is 0 Å². The van der Waals surface area contributed by atoms with E-state index in [1.165, 1.54) is 11.8 Å². The molecule has 22 heavy (non-hydrogen) atoms. The van der Waals surface area contributed by atoms with Gasteiger partial charge in [0.05, 0.1) is 12.4 Å². The third kappa shape index (κ3) is 5.07. The van der Waals surface area contributed by atoms with E-state index in [-0.39, 0.29) is 5.91 Å². The molecule has 116 valence electrons. The highest BCUT2D eigenvalue weighted by Crippen LogP contribution is 2.23. The van der Waals surface area contributed by atoms with Crippen molar-refractivity contribution in [3.8, 4) is 5.75 Å². The SMILES string of the molecule is CCOc1ccc(SCC(=O)Nc2ccc(Br)cc2C)cc1. The van der Waals surface area contributed by atoms with Crippen molar-refractivity contribution in [2.45, 2.75) is 18.7 Å². The molecule has 0 aliphatic heterocycles. The molecular formula is C17H18BrNO2S. The lowest BCUT2D eigenvalue weighted by molar-refractivity contribution is -0.113. The Balaban J connectivity index is 1.87. The van der Waals surface area contributed by atoms with Gasteiger partial charge in [0.25, 0.3) is 0 Å². The lowest BCUT2D eigenvalue weighted by Crippen LogP contribution is -2.14. The summed E-state index contributed by atoms with van der Waals surface area (Å²) in [5.41, 5.74) is 1.88. The Hall–Kier alpha value is -1.46. The van der Waals surface area contributed by atoms with Crippen LogP contribution < -0.4 is 10.1 Å². The smallest absolute Gasteiger partial charge is 0.234 e. The Morgan fingerprint density at radius 3 is 2.59 bits per heavy atom. The van der Waals surface area contributed by atoms with E-state index in [1.54, 1.807) is 0 Å². The number of hydrogen-bond acceptors (Lipinski definition) is 3. The van der Waals surface area contributed by atoms with Crippen molar-refractivity contribution in [3.05, 3.63) is 52.5 Å². The van der Waals surface area contributed by atoms with Crippen LogP contribution in [-0.2, 0) is 4.79 Å². The Morgan fingerprint density at radius 1 is 1.23 bits per heavy atom. The van der Waals surface area contributed by atoms with E-state index in [4.69, 9.17) is 4.74 Å². The molecule has 0 aromatic heterocycles. The summed E-state index contributed by atoms with van der Waals surface area (Å²) in [6, 6.07) is 13.6. The van der Waals surface area contributed by atoms with Gasteiger partial charge in [-0.3, -0.25) is 4.79 Å². The molecule has 2 aromatic carbocycles. The van der Waals surface area contributed by atoms with Gasteiger partial charge in [-0.05, 0) is 61.9 Å². The van der Waals surface area contributed by atoms with Crippen LogP contribution in [0, 0.1) is 6.92 Å². The average Bonchev–Trinajstić information content (AvgIpc) is 2.50. The van der Waals surface area contributed by atoms with E-state index in [0.29, 0.717) is 12.4 Å². The zero-order valence-electron chi connectivity index (χ0n) is 12.6. The molecule has 0 bridgehead atoms. The summed E-state index contributed by atoms with van der Waals surface area (Å²) in [4.78, 5) is 13.1. The largest absolute Gasteiger partial charge is 0.494 e. The fourth-order valence-corrected chi connectivity index (χ4v) is 3.08. The van der Waals surface area contributed by atoms with Crippen molar-refractivity contribution < 1.29 is 9.53 Å². The predicted octanol–water partition coefficient (Wildman–Crippen LogP) is 4.89. The highest BCUT2D eigenvalue weighted by atomic mass is 79.9. The van der Waals surface area contributed by atoms with Crippen molar-refractivity contribution in [3.63, 3.8) is 0 Å². The second-order valence-corrected chi connectivity index (χ2v) is 6.66. The minimum Gasteiger partial charge on any atom is -0.494 e. The molecule has 1 N–H and O–H groups in total. The number of ether oxygens (including phenoxy) is 1. The van der Waals surface area contributed by atoms with Crippen LogP contribution in [0.25, 0.3) is 0 Å². The van der Waals surface area contributed by atoms with Crippen molar-refractivity contribution in [2.75, 3.05) is 17.7 Å². The van der Waals surface area contributed by atoms with Crippen LogP contribution in [-0.4, -0.2) is 18.3 Å². The number of nitrogens with one attached hydrogen (secondary N) is 1. The summed E-state index contributed by atoms with van der Waals surface area (Å²) >= 11 is 4.92. The molecule has 0 saturated heterocycles. The number of amides is 1. The third-order valence-corrected chi connectivity index (χ3v) is 4.47. The van der Waals surface area contributed by atoms with Gasteiger partial charge < -0.3 is 10.1 Å². The van der Waals surface area contributed by atoms with E-state index in [0.717, 1.165) is 26.4 Å². The van der Waals surface area contributed by atoms with Crippen molar-refractivity contribution in [1.82, 2.24) is 0 Å². The first-order chi connectivity index (χ1) is 10.6. The van der Waals surface area contributed by atoms with Gasteiger partial charge in [0.15, 0.2) is 0 Å². The van der Waals surface area contributed by atoms with Gasteiger partial charge in [0.2, 0.25) is 5.91 Å². The lowest BCUT2D eigenvalue weighted by atomic mass is 10.2. The van der Waals surface area contributed by atoms with Crippen molar-refractivity contribution in [1.29, 1.82) is 0 Å². The van der Waals surface area contributed by atoms with E-state index in [1.807, 2.05) is 56.3 Å². The van der Waals surface area contributed by atoms with Gasteiger partial charge in [0.1, 0.15) is 5.75 Å². The van der Waals surface area contributed by atoms with Crippen LogP contribution in [0.1, 0.15) is 12.5 Å². The van der Waals surface area contributed by atoms with Gasteiger partial charge in [-0.15, -0.1) is 11.8 Å². The maximum absolute atomic E-state index is 12.0. The normalized spacial score (nSPS) is 10.3. The van der Waals surface area contributed by atoms with Gasteiger partial charge >= 0.3 is 0 Å². The molecule has 0 saturated carbocycles. The second kappa shape index (κ2) is 8.25. The van der Waals surface area contributed by atoms with Crippen LogP contribution in [0.3, 0.4) is 0 Å². The first-order valence-corrected chi connectivity index (χ1v) is 8.78. The summed E-state index contributed by atoms with van der Waals surface area (Å²) < 4.78 is 6.40. The van der Waals surface area contributed by atoms with E-state index >= 15 is 0 Å². The van der Waals surface area contributed by atoms with Crippen LogP contribution in [0.5, 0.6) is 5.75 Å². The minimum atomic E-state index is -0.00990. The molecule has 0 atom stereocenters. The molecule has 0 fully saturated rings. The highest BCUT2D eigenvalue weighted by molar-refractivity contribution is 9.10. The second-order valence-electron chi connectivity index (χ2n) is 4.70. The number of carbonyl (C=O) groups is 1. The molecular weight excluding hydrogens is 362 g/mol. The van der Waals surface area contributed by atoms with Gasteiger partial charge in [0, 0.05) is 15.1 Å². The standard InChI is InChI=1S/C17H18BrNO2S/c1-3-21-14-5-7-15(8-6-14)22-11-17(20)19-16-9-4-13(18)10-12(16)2/h4-10H,3,11H2,1-2H3,(H,19,20). The predicted molar refractivity (Wildman–Crippen MR) is 95.8 cm³/mol. The lowest BCUT2D eigenvalue weighted by Gasteiger charge is -2.09. The Kier molecular flexibility index (Phi) is 6.34. The summed E-state index contributed by atoms with van der Waals surface area (Å²) in [7, 11) is 0. The number of thioether (sulfide) groups is 1. The average molecular weight is 380 g/mol. The molecule has 0 radical (unpaired) electrons. The zero-order valence-corrected chi connectivity index (χ0v) is 15.0. The maximum atomic E-state index is 12.0. The van der Waals surface area contributed by atoms with Crippen molar-refractivity contribution >= 4 is 39.3 Å². The summed E-state index contributed by atoms with van der Waals surface area (Å²) in [5, 5.41) is 2.93. The quantitative estimate of drug-likeness (QED) is 0.726. The Morgan fingerprint density at radius 2 is 1.95 bits per heavy atom. The number of halogens is 1. The van der Waals surface area contributed by atoms with Crippen molar-refractivity contribution in [2.24, 2.45) is 0 Å². The molecule has 0 aliphatic rings. The maximum Gasteiger partial charge on any atom is 0.234 e. The Labute approximate surface area is 143 Å². The Bertz CT molecular complexity index is 644. The van der Waals surface area contributed by atoms with Gasteiger partial charge in [-0.2, -0.15) is 0 Å². The highest BCUT2D eigenvalue weighted by Gasteiger charge is 2.06. The van der Waals surface area contributed by atoms with E-state index in [2.05, 4.69) is 21.2 Å². The number of benzene rings is 2. The molecule has 0 unspecified atom stereocenters. The molecule has 1 amide bonds. The first-order valence-electron chi connectivity index (χ1n) is 7.00. The molecule has 5 heteroatoms. The van der Waals surface area contributed by atoms with Gasteiger partial charge in [-0.1, -0.05) is 15.9 Å².